The van der Waals surface area contributed by atoms with Crippen molar-refractivity contribution in [3.05, 3.63) is 66.2 Å². The lowest BCUT2D eigenvalue weighted by molar-refractivity contribution is 0.151. The maximum Gasteiger partial charge on any atom is 0.426 e. The van der Waals surface area contributed by atoms with Gasteiger partial charge in [-0.1, -0.05) is 48.2 Å². The lowest BCUT2D eigenvalue weighted by atomic mass is 10.2. The molecule has 0 aromatic heterocycles. The molecular formula is C18H18N2O2. The lowest BCUT2D eigenvalue weighted by Gasteiger charge is -2.22. The molecule has 0 unspecified atom stereocenters. The summed E-state index contributed by atoms with van der Waals surface area (Å²) in [5.74, 6) is 6.12. The number of anilines is 1. The zero-order valence-corrected chi connectivity index (χ0v) is 12.5. The van der Waals surface area contributed by atoms with E-state index in [2.05, 4.69) is 17.3 Å². The largest absolute Gasteiger partial charge is 0.449 e. The van der Waals surface area contributed by atoms with Crippen LogP contribution in [0.3, 0.4) is 0 Å². The second kappa shape index (κ2) is 8.38. The van der Waals surface area contributed by atoms with Crippen molar-refractivity contribution in [3.63, 3.8) is 0 Å². The molecule has 1 N–H and O–H groups in total. The molecule has 0 aliphatic carbocycles. The molecule has 4 heteroatoms. The van der Waals surface area contributed by atoms with Crippen LogP contribution in [0, 0.1) is 11.8 Å². The summed E-state index contributed by atoms with van der Waals surface area (Å²) in [5.41, 5.74) is 4.47. The summed E-state index contributed by atoms with van der Waals surface area (Å²) in [5, 5.41) is 1.66. The van der Waals surface area contributed by atoms with Crippen LogP contribution in [0.15, 0.2) is 60.7 Å². The first kappa shape index (κ1) is 15.5. The lowest BCUT2D eigenvalue weighted by Crippen LogP contribution is -2.43. The highest BCUT2D eigenvalue weighted by atomic mass is 16.6. The predicted octanol–water partition coefficient (Wildman–Crippen LogP) is 3.21. The Morgan fingerprint density at radius 1 is 1.09 bits per heavy atom. The van der Waals surface area contributed by atoms with Crippen LogP contribution in [-0.4, -0.2) is 19.2 Å². The molecule has 2 aromatic rings. The van der Waals surface area contributed by atoms with Crippen LogP contribution in [0.5, 0.6) is 0 Å². The second-order valence-corrected chi connectivity index (χ2v) is 4.42. The van der Waals surface area contributed by atoms with Crippen LogP contribution in [0.25, 0.3) is 0 Å². The van der Waals surface area contributed by atoms with Crippen molar-refractivity contribution < 1.29 is 9.53 Å². The third-order valence-corrected chi connectivity index (χ3v) is 2.81. The van der Waals surface area contributed by atoms with E-state index in [0.717, 1.165) is 11.3 Å². The van der Waals surface area contributed by atoms with Gasteiger partial charge >= 0.3 is 6.09 Å². The third kappa shape index (κ3) is 4.88. The SMILES string of the molecule is CCOC(=O)NN(CC#Cc1ccccc1)c1ccccc1. The number of hydrazine groups is 1. The van der Waals surface area contributed by atoms with Gasteiger partial charge in [0.15, 0.2) is 0 Å². The van der Waals surface area contributed by atoms with E-state index >= 15 is 0 Å². The van der Waals surface area contributed by atoms with Crippen LogP contribution < -0.4 is 10.4 Å². The first-order valence-corrected chi connectivity index (χ1v) is 7.09. The van der Waals surface area contributed by atoms with E-state index < -0.39 is 6.09 Å². The zero-order chi connectivity index (χ0) is 15.6. The van der Waals surface area contributed by atoms with Crippen molar-refractivity contribution in [2.75, 3.05) is 18.2 Å². The highest BCUT2D eigenvalue weighted by molar-refractivity contribution is 5.70. The molecular weight excluding hydrogens is 276 g/mol. The van der Waals surface area contributed by atoms with Crippen LogP contribution in [-0.2, 0) is 4.74 Å². The van der Waals surface area contributed by atoms with E-state index in [4.69, 9.17) is 4.74 Å². The van der Waals surface area contributed by atoms with Gasteiger partial charge in [0.25, 0.3) is 0 Å². The standard InChI is InChI=1S/C18H18N2O2/c1-2-22-18(21)19-20(17-13-7-4-8-14-17)15-9-12-16-10-5-3-6-11-16/h3-8,10-11,13-14H,2,15H2,1H3,(H,19,21). The number of nitrogens with zero attached hydrogens (tertiary/aromatic N) is 1. The molecule has 2 rings (SSSR count). The number of amides is 1. The average molecular weight is 294 g/mol. The molecule has 0 spiro atoms. The van der Waals surface area contributed by atoms with E-state index in [1.807, 2.05) is 60.7 Å². The van der Waals surface area contributed by atoms with Crippen molar-refractivity contribution in [2.45, 2.75) is 6.92 Å². The molecule has 0 fully saturated rings. The number of rotatable bonds is 4. The van der Waals surface area contributed by atoms with Crippen molar-refractivity contribution in [2.24, 2.45) is 0 Å². The summed E-state index contributed by atoms with van der Waals surface area (Å²) in [7, 11) is 0. The fraction of sp³-hybridized carbons (Fsp3) is 0.167. The number of carbonyl (C=O) groups is 1. The predicted molar refractivity (Wildman–Crippen MR) is 87.3 cm³/mol. The van der Waals surface area contributed by atoms with E-state index in [-0.39, 0.29) is 0 Å². The summed E-state index contributed by atoms with van der Waals surface area (Å²) in [6.07, 6.45) is -0.493. The number of nitrogens with one attached hydrogen (secondary N) is 1. The van der Waals surface area contributed by atoms with E-state index in [1.165, 1.54) is 0 Å². The van der Waals surface area contributed by atoms with E-state index in [1.54, 1.807) is 11.9 Å². The minimum absolute atomic E-state index is 0.324. The highest BCUT2D eigenvalue weighted by Gasteiger charge is 2.09. The van der Waals surface area contributed by atoms with Gasteiger partial charge in [0.1, 0.15) is 6.54 Å². The third-order valence-electron chi connectivity index (χ3n) is 2.81. The van der Waals surface area contributed by atoms with Gasteiger partial charge in [-0.2, -0.15) is 0 Å². The van der Waals surface area contributed by atoms with Crippen LogP contribution in [0.2, 0.25) is 0 Å². The quantitative estimate of drug-likeness (QED) is 0.695. The Morgan fingerprint density at radius 2 is 1.73 bits per heavy atom. The van der Waals surface area contributed by atoms with Gasteiger partial charge < -0.3 is 4.74 Å². The van der Waals surface area contributed by atoms with Gasteiger partial charge in [-0.3, -0.25) is 5.01 Å². The Kier molecular flexibility index (Phi) is 5.89. The topological polar surface area (TPSA) is 41.6 Å². The number of ether oxygens (including phenoxy) is 1. The molecule has 0 saturated carbocycles. The van der Waals surface area contributed by atoms with Gasteiger partial charge in [-0.25, -0.2) is 10.2 Å². The fourth-order valence-electron chi connectivity index (χ4n) is 1.82. The van der Waals surface area contributed by atoms with Gasteiger partial charge in [0.05, 0.1) is 12.3 Å². The van der Waals surface area contributed by atoms with Gasteiger partial charge in [-0.05, 0) is 31.2 Å². The molecule has 2 aromatic carbocycles. The summed E-state index contributed by atoms with van der Waals surface area (Å²) in [4.78, 5) is 11.6. The first-order chi connectivity index (χ1) is 10.8. The Balaban J connectivity index is 2.08. The summed E-state index contributed by atoms with van der Waals surface area (Å²) < 4.78 is 4.92. The molecule has 0 aliphatic rings. The monoisotopic (exact) mass is 294 g/mol. The van der Waals surface area contributed by atoms with Gasteiger partial charge in [0, 0.05) is 5.56 Å². The molecule has 0 atom stereocenters. The maximum atomic E-state index is 11.6. The van der Waals surface area contributed by atoms with Crippen LogP contribution in [0.4, 0.5) is 10.5 Å². The van der Waals surface area contributed by atoms with Gasteiger partial charge in [-0.15, -0.1) is 0 Å². The summed E-state index contributed by atoms with van der Waals surface area (Å²) in [6.45, 7) is 2.45. The minimum Gasteiger partial charge on any atom is -0.449 e. The molecule has 0 bridgehead atoms. The van der Waals surface area contributed by atoms with Crippen LogP contribution in [0.1, 0.15) is 12.5 Å². The Bertz CT molecular complexity index is 645. The summed E-state index contributed by atoms with van der Waals surface area (Å²) >= 11 is 0. The molecule has 0 saturated heterocycles. The molecule has 1 amide bonds. The number of para-hydroxylation sites is 1. The number of hydrogen-bond donors (Lipinski definition) is 1. The number of carbonyl (C=O) groups excluding carboxylic acids is 1. The molecule has 112 valence electrons. The average Bonchev–Trinajstić information content (AvgIpc) is 2.56. The van der Waals surface area contributed by atoms with Crippen molar-refractivity contribution in [3.8, 4) is 11.8 Å². The smallest absolute Gasteiger partial charge is 0.426 e. The normalized spacial score (nSPS) is 9.32. The molecule has 22 heavy (non-hydrogen) atoms. The van der Waals surface area contributed by atoms with Crippen molar-refractivity contribution in [1.82, 2.24) is 5.43 Å². The van der Waals surface area contributed by atoms with E-state index in [9.17, 15) is 4.79 Å². The number of hydrogen-bond acceptors (Lipinski definition) is 3. The molecule has 0 heterocycles. The highest BCUT2D eigenvalue weighted by Crippen LogP contribution is 2.10. The molecule has 0 radical (unpaired) electrons. The fourth-order valence-corrected chi connectivity index (χ4v) is 1.82. The van der Waals surface area contributed by atoms with Crippen LogP contribution >= 0.6 is 0 Å². The summed E-state index contributed by atoms with van der Waals surface area (Å²) in [6, 6.07) is 19.2. The maximum absolute atomic E-state index is 11.6. The number of benzene rings is 2. The van der Waals surface area contributed by atoms with Crippen molar-refractivity contribution in [1.29, 1.82) is 0 Å². The minimum atomic E-state index is -0.493. The van der Waals surface area contributed by atoms with Gasteiger partial charge in [0.2, 0.25) is 0 Å². The Morgan fingerprint density at radius 3 is 2.36 bits per heavy atom. The van der Waals surface area contributed by atoms with E-state index in [0.29, 0.717) is 13.2 Å². The second-order valence-electron chi connectivity index (χ2n) is 4.42. The van der Waals surface area contributed by atoms with Crippen molar-refractivity contribution >= 4 is 11.8 Å². The Labute approximate surface area is 130 Å². The zero-order valence-electron chi connectivity index (χ0n) is 12.5. The molecule has 0 aliphatic heterocycles. The first-order valence-electron chi connectivity index (χ1n) is 7.09. The molecule has 4 nitrogen and oxygen atoms in total. The Hall–Kier alpha value is -2.93.